The Bertz CT molecular complexity index is 259. The Kier molecular flexibility index (Phi) is 7.00. The van der Waals surface area contributed by atoms with E-state index in [1.807, 2.05) is 6.92 Å². The second-order valence-electron chi connectivity index (χ2n) is 3.21. The van der Waals surface area contributed by atoms with Crippen LogP contribution in [0.4, 0.5) is 4.79 Å². The smallest absolute Gasteiger partial charge is 0.458 e. The summed E-state index contributed by atoms with van der Waals surface area (Å²) in [6.07, 6.45) is -0.689. The van der Waals surface area contributed by atoms with Crippen molar-refractivity contribution in [2.45, 2.75) is 33.3 Å². The number of carbonyl (C=O) groups is 2. The van der Waals surface area contributed by atoms with E-state index in [-0.39, 0.29) is 13.2 Å². The summed E-state index contributed by atoms with van der Waals surface area (Å²) in [7, 11) is 0. The lowest BCUT2D eigenvalue weighted by Gasteiger charge is -2.15. The van der Waals surface area contributed by atoms with Gasteiger partial charge in [0.25, 0.3) is 0 Å². The summed E-state index contributed by atoms with van der Waals surface area (Å²) >= 11 is 0. The standard InChI is InChI=1S/C11H18O5/c1-5-9(16-11(13)14-6-2)7-15-10(12)8(3)4/h9H,3,5-7H2,1-2,4H3. The molecule has 0 spiro atoms. The predicted molar refractivity (Wildman–Crippen MR) is 58.0 cm³/mol. The van der Waals surface area contributed by atoms with Gasteiger partial charge in [-0.25, -0.2) is 9.59 Å². The molecule has 0 radical (unpaired) electrons. The molecule has 0 aliphatic carbocycles. The molecule has 0 aromatic heterocycles. The van der Waals surface area contributed by atoms with Crippen LogP contribution in [0.25, 0.3) is 0 Å². The average Bonchev–Trinajstić information content (AvgIpc) is 2.23. The SMILES string of the molecule is C=C(C)C(=O)OCC(CC)OC(=O)OCC. The molecule has 92 valence electrons. The molecule has 0 rings (SSSR count). The van der Waals surface area contributed by atoms with Gasteiger partial charge in [-0.05, 0) is 20.3 Å². The Balaban J connectivity index is 3.96. The molecule has 0 bridgehead atoms. The van der Waals surface area contributed by atoms with Crippen LogP contribution < -0.4 is 0 Å². The highest BCUT2D eigenvalue weighted by Crippen LogP contribution is 2.03. The van der Waals surface area contributed by atoms with Gasteiger partial charge >= 0.3 is 12.1 Å². The fraction of sp³-hybridized carbons (Fsp3) is 0.636. The zero-order valence-electron chi connectivity index (χ0n) is 9.95. The molecule has 0 fully saturated rings. The zero-order valence-corrected chi connectivity index (χ0v) is 9.95. The molecule has 0 saturated carbocycles. The molecule has 0 heterocycles. The van der Waals surface area contributed by atoms with Crippen molar-refractivity contribution in [3.8, 4) is 0 Å². The molecule has 5 nitrogen and oxygen atoms in total. The van der Waals surface area contributed by atoms with E-state index >= 15 is 0 Å². The van der Waals surface area contributed by atoms with Gasteiger partial charge in [-0.3, -0.25) is 0 Å². The van der Waals surface area contributed by atoms with Crippen molar-refractivity contribution >= 4 is 12.1 Å². The highest BCUT2D eigenvalue weighted by molar-refractivity contribution is 5.86. The van der Waals surface area contributed by atoms with Crippen LogP contribution in [0.5, 0.6) is 0 Å². The highest BCUT2D eigenvalue weighted by atomic mass is 16.7. The molecule has 1 atom stereocenters. The number of esters is 1. The minimum absolute atomic E-state index is 0.0149. The number of hydrogen-bond acceptors (Lipinski definition) is 5. The van der Waals surface area contributed by atoms with Gasteiger partial charge in [-0.2, -0.15) is 0 Å². The van der Waals surface area contributed by atoms with E-state index in [0.29, 0.717) is 12.0 Å². The topological polar surface area (TPSA) is 61.8 Å². The second-order valence-corrected chi connectivity index (χ2v) is 3.21. The highest BCUT2D eigenvalue weighted by Gasteiger charge is 2.15. The molecule has 16 heavy (non-hydrogen) atoms. The summed E-state index contributed by atoms with van der Waals surface area (Å²) in [5.74, 6) is -0.495. The van der Waals surface area contributed by atoms with Gasteiger partial charge in [0, 0.05) is 5.57 Å². The van der Waals surface area contributed by atoms with E-state index in [9.17, 15) is 9.59 Å². The van der Waals surface area contributed by atoms with E-state index < -0.39 is 18.2 Å². The second kappa shape index (κ2) is 7.73. The summed E-state index contributed by atoms with van der Waals surface area (Å²) < 4.78 is 14.4. The summed E-state index contributed by atoms with van der Waals surface area (Å²) in [4.78, 5) is 22.1. The van der Waals surface area contributed by atoms with E-state index in [4.69, 9.17) is 9.47 Å². The number of ether oxygens (including phenoxy) is 3. The normalized spacial score (nSPS) is 11.4. The fourth-order valence-corrected chi connectivity index (χ4v) is 0.815. The van der Waals surface area contributed by atoms with Gasteiger partial charge < -0.3 is 14.2 Å². The maximum atomic E-state index is 11.1. The van der Waals surface area contributed by atoms with Gasteiger partial charge in [0.2, 0.25) is 0 Å². The van der Waals surface area contributed by atoms with Gasteiger partial charge in [-0.1, -0.05) is 13.5 Å². The number of rotatable bonds is 6. The minimum Gasteiger partial charge on any atom is -0.458 e. The van der Waals surface area contributed by atoms with Crippen LogP contribution in [-0.2, 0) is 19.0 Å². The molecule has 5 heteroatoms. The Morgan fingerprint density at radius 2 is 1.88 bits per heavy atom. The Morgan fingerprint density at radius 3 is 2.31 bits per heavy atom. The van der Waals surface area contributed by atoms with Crippen molar-refractivity contribution in [2.75, 3.05) is 13.2 Å². The zero-order chi connectivity index (χ0) is 12.6. The first-order valence-corrected chi connectivity index (χ1v) is 5.17. The largest absolute Gasteiger partial charge is 0.508 e. The molecule has 0 aromatic rings. The lowest BCUT2D eigenvalue weighted by molar-refractivity contribution is -0.142. The molecule has 0 saturated heterocycles. The maximum absolute atomic E-state index is 11.1. The van der Waals surface area contributed by atoms with Crippen molar-refractivity contribution < 1.29 is 23.8 Å². The third-order valence-corrected chi connectivity index (χ3v) is 1.73. The number of carbonyl (C=O) groups excluding carboxylic acids is 2. The monoisotopic (exact) mass is 230 g/mol. The van der Waals surface area contributed by atoms with Gasteiger partial charge in [0.15, 0.2) is 0 Å². The van der Waals surface area contributed by atoms with Crippen LogP contribution in [0.2, 0.25) is 0 Å². The Morgan fingerprint density at radius 1 is 1.25 bits per heavy atom. The van der Waals surface area contributed by atoms with E-state index in [1.165, 1.54) is 0 Å². The molecular weight excluding hydrogens is 212 g/mol. The number of hydrogen-bond donors (Lipinski definition) is 0. The van der Waals surface area contributed by atoms with Crippen molar-refractivity contribution in [1.29, 1.82) is 0 Å². The lowest BCUT2D eigenvalue weighted by Crippen LogP contribution is -2.25. The van der Waals surface area contributed by atoms with Crippen LogP contribution in [0.15, 0.2) is 12.2 Å². The molecule has 0 N–H and O–H groups in total. The van der Waals surface area contributed by atoms with Crippen LogP contribution in [0.1, 0.15) is 27.2 Å². The van der Waals surface area contributed by atoms with Gasteiger partial charge in [-0.15, -0.1) is 0 Å². The Labute approximate surface area is 95.4 Å². The molecule has 0 aliphatic heterocycles. The first-order chi connectivity index (χ1) is 7.51. The van der Waals surface area contributed by atoms with Crippen LogP contribution in [0, 0.1) is 0 Å². The molecular formula is C11H18O5. The third kappa shape index (κ3) is 6.06. The van der Waals surface area contributed by atoms with Gasteiger partial charge in [0.05, 0.1) is 6.61 Å². The molecule has 1 unspecified atom stereocenters. The first-order valence-electron chi connectivity index (χ1n) is 5.17. The fourth-order valence-electron chi connectivity index (χ4n) is 0.815. The summed E-state index contributed by atoms with van der Waals surface area (Å²) in [5.41, 5.74) is 0.311. The lowest BCUT2D eigenvalue weighted by atomic mass is 10.3. The first kappa shape index (κ1) is 14.5. The van der Waals surface area contributed by atoms with E-state index in [0.717, 1.165) is 0 Å². The van der Waals surface area contributed by atoms with Crippen molar-refractivity contribution in [1.82, 2.24) is 0 Å². The van der Waals surface area contributed by atoms with Crippen molar-refractivity contribution in [2.24, 2.45) is 0 Å². The quantitative estimate of drug-likeness (QED) is 0.516. The summed E-state index contributed by atoms with van der Waals surface area (Å²) in [5, 5.41) is 0. The van der Waals surface area contributed by atoms with Crippen LogP contribution >= 0.6 is 0 Å². The molecule has 0 aliphatic rings. The predicted octanol–water partition coefficient (Wildman–Crippen LogP) is 2.06. The van der Waals surface area contributed by atoms with Crippen LogP contribution in [0.3, 0.4) is 0 Å². The summed E-state index contributed by atoms with van der Waals surface area (Å²) in [6.45, 7) is 8.76. The average molecular weight is 230 g/mol. The molecule has 0 amide bonds. The summed E-state index contributed by atoms with van der Waals surface area (Å²) in [6, 6.07) is 0. The molecule has 0 aromatic carbocycles. The van der Waals surface area contributed by atoms with E-state index in [1.54, 1.807) is 13.8 Å². The third-order valence-electron chi connectivity index (χ3n) is 1.73. The van der Waals surface area contributed by atoms with Crippen molar-refractivity contribution in [3.63, 3.8) is 0 Å². The van der Waals surface area contributed by atoms with Crippen molar-refractivity contribution in [3.05, 3.63) is 12.2 Å². The Hall–Kier alpha value is -1.52. The minimum atomic E-state index is -0.749. The van der Waals surface area contributed by atoms with Crippen LogP contribution in [-0.4, -0.2) is 31.4 Å². The van der Waals surface area contributed by atoms with E-state index in [2.05, 4.69) is 11.3 Å². The maximum Gasteiger partial charge on any atom is 0.508 e. The van der Waals surface area contributed by atoms with Gasteiger partial charge in [0.1, 0.15) is 12.7 Å².